The molecule has 0 spiro atoms. The lowest BCUT2D eigenvalue weighted by molar-refractivity contribution is 0.0928. The van der Waals surface area contributed by atoms with Crippen LogP contribution in [-0.4, -0.2) is 22.4 Å². The zero-order chi connectivity index (χ0) is 13.9. The van der Waals surface area contributed by atoms with E-state index >= 15 is 0 Å². The smallest absolute Gasteiger partial charge is 0.287 e. The highest BCUT2D eigenvalue weighted by atomic mass is 16.3. The molecule has 6 nitrogen and oxygen atoms in total. The second-order valence-electron chi connectivity index (χ2n) is 4.45. The van der Waals surface area contributed by atoms with Crippen molar-refractivity contribution in [3.63, 3.8) is 0 Å². The number of hydrogen-bond acceptors (Lipinski definition) is 4. The van der Waals surface area contributed by atoms with Gasteiger partial charge in [-0.25, -0.2) is 4.98 Å². The lowest BCUT2D eigenvalue weighted by Crippen LogP contribution is -2.25. The molecule has 0 unspecified atom stereocenters. The molecular formula is C14H14N4O2. The SMILES string of the molecule is Nc1ccc2oc(C(=O)NCCc3ncc[nH]3)cc2c1. The molecule has 3 aromatic rings. The predicted octanol–water partition coefficient (Wildman–Crippen LogP) is 1.71. The number of imidazole rings is 1. The van der Waals surface area contributed by atoms with Gasteiger partial charge in [-0.05, 0) is 24.3 Å². The number of nitrogens with one attached hydrogen (secondary N) is 2. The Labute approximate surface area is 115 Å². The highest BCUT2D eigenvalue weighted by Crippen LogP contribution is 2.21. The van der Waals surface area contributed by atoms with Crippen LogP contribution in [0.4, 0.5) is 5.69 Å². The van der Waals surface area contributed by atoms with Crippen LogP contribution >= 0.6 is 0 Å². The summed E-state index contributed by atoms with van der Waals surface area (Å²) in [5.74, 6) is 0.874. The Hall–Kier alpha value is -2.76. The van der Waals surface area contributed by atoms with Crippen LogP contribution in [0.15, 0.2) is 41.1 Å². The molecule has 1 amide bonds. The Kier molecular flexibility index (Phi) is 3.12. The summed E-state index contributed by atoms with van der Waals surface area (Å²) in [6.45, 7) is 0.492. The van der Waals surface area contributed by atoms with Crippen LogP contribution in [0.2, 0.25) is 0 Å². The average molecular weight is 270 g/mol. The number of nitrogens with two attached hydrogens (primary N) is 1. The number of carbonyl (C=O) groups excluding carboxylic acids is 1. The number of rotatable bonds is 4. The Morgan fingerprint density at radius 1 is 1.40 bits per heavy atom. The molecule has 6 heteroatoms. The highest BCUT2D eigenvalue weighted by Gasteiger charge is 2.11. The number of furan rings is 1. The van der Waals surface area contributed by atoms with Gasteiger partial charge in [0.25, 0.3) is 5.91 Å². The summed E-state index contributed by atoms with van der Waals surface area (Å²) in [6, 6.07) is 6.96. The van der Waals surface area contributed by atoms with Gasteiger partial charge in [0.15, 0.2) is 5.76 Å². The third kappa shape index (κ3) is 2.49. The maximum absolute atomic E-state index is 12.0. The van der Waals surface area contributed by atoms with Crippen molar-refractivity contribution in [1.82, 2.24) is 15.3 Å². The highest BCUT2D eigenvalue weighted by molar-refractivity contribution is 5.96. The summed E-state index contributed by atoms with van der Waals surface area (Å²) in [7, 11) is 0. The molecule has 102 valence electrons. The first kappa shape index (κ1) is 12.3. The fourth-order valence-electron chi connectivity index (χ4n) is 1.99. The van der Waals surface area contributed by atoms with E-state index in [2.05, 4.69) is 15.3 Å². The van der Waals surface area contributed by atoms with Gasteiger partial charge in [-0.15, -0.1) is 0 Å². The minimum absolute atomic E-state index is 0.244. The summed E-state index contributed by atoms with van der Waals surface area (Å²) >= 11 is 0. The number of amides is 1. The van der Waals surface area contributed by atoms with Crippen LogP contribution in [0.25, 0.3) is 11.0 Å². The molecule has 0 saturated carbocycles. The Balaban J connectivity index is 1.66. The first-order valence-electron chi connectivity index (χ1n) is 6.28. The molecule has 2 heterocycles. The fourth-order valence-corrected chi connectivity index (χ4v) is 1.99. The van der Waals surface area contributed by atoms with Gasteiger partial charge in [-0.1, -0.05) is 0 Å². The summed E-state index contributed by atoms with van der Waals surface area (Å²) < 4.78 is 5.48. The number of nitrogens with zero attached hydrogens (tertiary/aromatic N) is 1. The molecule has 0 radical (unpaired) electrons. The summed E-state index contributed by atoms with van der Waals surface area (Å²) in [6.07, 6.45) is 4.08. The van der Waals surface area contributed by atoms with Crippen LogP contribution in [0, 0.1) is 0 Å². The Morgan fingerprint density at radius 2 is 2.30 bits per heavy atom. The third-order valence-electron chi connectivity index (χ3n) is 2.97. The second-order valence-corrected chi connectivity index (χ2v) is 4.45. The minimum atomic E-state index is -0.244. The maximum atomic E-state index is 12.0. The molecule has 0 fully saturated rings. The van der Waals surface area contributed by atoms with E-state index in [-0.39, 0.29) is 11.7 Å². The molecule has 0 saturated heterocycles. The molecule has 1 aromatic carbocycles. The van der Waals surface area contributed by atoms with Crippen LogP contribution in [0.3, 0.4) is 0 Å². The van der Waals surface area contributed by atoms with Gasteiger partial charge < -0.3 is 20.5 Å². The van der Waals surface area contributed by atoms with Crippen LogP contribution < -0.4 is 11.1 Å². The van der Waals surface area contributed by atoms with E-state index in [9.17, 15) is 4.79 Å². The zero-order valence-electron chi connectivity index (χ0n) is 10.7. The number of aromatic amines is 1. The normalized spacial score (nSPS) is 10.8. The number of nitrogen functional groups attached to an aromatic ring is 1. The lowest BCUT2D eigenvalue weighted by Gasteiger charge is -2.00. The van der Waals surface area contributed by atoms with Crippen molar-refractivity contribution in [2.24, 2.45) is 0 Å². The average Bonchev–Trinajstić information content (AvgIpc) is 3.06. The first-order chi connectivity index (χ1) is 9.72. The molecule has 20 heavy (non-hydrogen) atoms. The monoisotopic (exact) mass is 270 g/mol. The van der Waals surface area contributed by atoms with E-state index in [4.69, 9.17) is 10.2 Å². The van der Waals surface area contributed by atoms with Crippen molar-refractivity contribution in [3.8, 4) is 0 Å². The van der Waals surface area contributed by atoms with E-state index in [1.165, 1.54) is 0 Å². The Morgan fingerprint density at radius 3 is 3.10 bits per heavy atom. The van der Waals surface area contributed by atoms with E-state index < -0.39 is 0 Å². The Bertz CT molecular complexity index is 731. The van der Waals surface area contributed by atoms with Crippen LogP contribution in [0.5, 0.6) is 0 Å². The van der Waals surface area contributed by atoms with Gasteiger partial charge in [0.05, 0.1) is 0 Å². The van der Waals surface area contributed by atoms with Crippen molar-refractivity contribution in [1.29, 1.82) is 0 Å². The molecule has 0 bridgehead atoms. The first-order valence-corrected chi connectivity index (χ1v) is 6.28. The molecular weight excluding hydrogens is 256 g/mol. The summed E-state index contributed by atoms with van der Waals surface area (Å²) in [5.41, 5.74) is 6.98. The topological polar surface area (TPSA) is 96.9 Å². The quantitative estimate of drug-likeness (QED) is 0.629. The van der Waals surface area contributed by atoms with Crippen molar-refractivity contribution < 1.29 is 9.21 Å². The zero-order valence-corrected chi connectivity index (χ0v) is 10.7. The molecule has 0 aliphatic rings. The molecule has 2 aromatic heterocycles. The van der Waals surface area contributed by atoms with Crippen molar-refractivity contribution in [2.45, 2.75) is 6.42 Å². The summed E-state index contributed by atoms with van der Waals surface area (Å²) in [4.78, 5) is 19.0. The lowest BCUT2D eigenvalue weighted by atomic mass is 10.2. The van der Waals surface area contributed by atoms with Crippen LogP contribution in [0.1, 0.15) is 16.4 Å². The number of hydrogen-bond donors (Lipinski definition) is 3. The number of benzene rings is 1. The fraction of sp³-hybridized carbons (Fsp3) is 0.143. The molecule has 0 aliphatic carbocycles. The van der Waals surface area contributed by atoms with Crippen molar-refractivity contribution in [2.75, 3.05) is 12.3 Å². The largest absolute Gasteiger partial charge is 0.451 e. The van der Waals surface area contributed by atoms with Gasteiger partial charge in [-0.3, -0.25) is 4.79 Å². The molecule has 0 atom stereocenters. The standard InChI is InChI=1S/C14H14N4O2/c15-10-1-2-11-9(7-10)8-12(20-11)14(19)18-4-3-13-16-5-6-17-13/h1-2,5-8H,3-4,15H2,(H,16,17)(H,18,19). The number of carbonyl (C=O) groups is 1. The number of anilines is 1. The van der Waals surface area contributed by atoms with Gasteiger partial charge in [0.1, 0.15) is 11.4 Å². The van der Waals surface area contributed by atoms with E-state index in [1.54, 1.807) is 36.7 Å². The van der Waals surface area contributed by atoms with Gasteiger partial charge in [-0.2, -0.15) is 0 Å². The van der Waals surface area contributed by atoms with Crippen LogP contribution in [-0.2, 0) is 6.42 Å². The van der Waals surface area contributed by atoms with Gasteiger partial charge in [0.2, 0.25) is 0 Å². The maximum Gasteiger partial charge on any atom is 0.287 e. The second kappa shape index (κ2) is 5.08. The van der Waals surface area contributed by atoms with E-state index in [0.29, 0.717) is 24.2 Å². The molecule has 3 rings (SSSR count). The van der Waals surface area contributed by atoms with E-state index in [1.807, 2.05) is 0 Å². The minimum Gasteiger partial charge on any atom is -0.451 e. The molecule has 4 N–H and O–H groups in total. The number of H-pyrrole nitrogens is 1. The van der Waals surface area contributed by atoms with Gasteiger partial charge >= 0.3 is 0 Å². The van der Waals surface area contributed by atoms with Crippen molar-refractivity contribution in [3.05, 3.63) is 48.2 Å². The number of aromatic nitrogens is 2. The summed E-state index contributed by atoms with van der Waals surface area (Å²) in [5, 5.41) is 3.61. The third-order valence-corrected chi connectivity index (χ3v) is 2.97. The van der Waals surface area contributed by atoms with Crippen molar-refractivity contribution >= 4 is 22.6 Å². The molecule has 0 aliphatic heterocycles. The predicted molar refractivity (Wildman–Crippen MR) is 75.3 cm³/mol. The number of fused-ring (bicyclic) bond motifs is 1. The van der Waals surface area contributed by atoms with Gasteiger partial charge in [0, 0.05) is 36.4 Å². The van der Waals surface area contributed by atoms with E-state index in [0.717, 1.165) is 11.2 Å².